The number of carbonyl (C=O) groups excluding carboxylic acids is 1. The van der Waals surface area contributed by atoms with Crippen molar-refractivity contribution in [2.45, 2.75) is 13.3 Å². The second-order valence-electron chi connectivity index (χ2n) is 4.90. The fourth-order valence-electron chi connectivity index (χ4n) is 2.30. The molecule has 0 bridgehead atoms. The van der Waals surface area contributed by atoms with Crippen LogP contribution in [0, 0.1) is 6.92 Å². The molecule has 0 aliphatic heterocycles. The Kier molecular flexibility index (Phi) is 3.75. The van der Waals surface area contributed by atoms with Gasteiger partial charge in [-0.2, -0.15) is 0 Å². The standard InChI is InChI=1S/C17H12Cl2O2/c1-10-4-2-5-11-8-16(21-17(10)11)15(20)9-12-13(18)6-3-7-14(12)19/h2-8H,9H2,1H3. The van der Waals surface area contributed by atoms with Crippen LogP contribution in [0.25, 0.3) is 11.0 Å². The monoisotopic (exact) mass is 318 g/mol. The lowest BCUT2D eigenvalue weighted by molar-refractivity contribution is 0.0968. The lowest BCUT2D eigenvalue weighted by Gasteiger charge is -2.04. The van der Waals surface area contributed by atoms with Gasteiger partial charge in [0.25, 0.3) is 0 Å². The first kappa shape index (κ1) is 14.2. The Hall–Kier alpha value is -1.77. The fraction of sp³-hybridized carbons (Fsp3) is 0.118. The SMILES string of the molecule is Cc1cccc2cc(C(=O)Cc3c(Cl)cccc3Cl)oc12. The summed E-state index contributed by atoms with van der Waals surface area (Å²) in [5, 5.41) is 1.90. The third-order valence-electron chi connectivity index (χ3n) is 3.41. The number of carbonyl (C=O) groups is 1. The topological polar surface area (TPSA) is 30.2 Å². The number of furan rings is 1. The molecule has 0 saturated carbocycles. The number of fused-ring (bicyclic) bond motifs is 1. The Morgan fingerprint density at radius 3 is 2.43 bits per heavy atom. The first-order valence-corrected chi connectivity index (χ1v) is 7.27. The van der Waals surface area contributed by atoms with Crippen molar-refractivity contribution in [1.82, 2.24) is 0 Å². The summed E-state index contributed by atoms with van der Waals surface area (Å²) in [6.45, 7) is 1.95. The zero-order chi connectivity index (χ0) is 15.0. The molecule has 4 heteroatoms. The quantitative estimate of drug-likeness (QED) is 0.599. The van der Waals surface area contributed by atoms with Crippen LogP contribution in [-0.4, -0.2) is 5.78 Å². The summed E-state index contributed by atoms with van der Waals surface area (Å²) in [5.74, 6) is 0.191. The predicted octanol–water partition coefficient (Wildman–Crippen LogP) is 5.47. The van der Waals surface area contributed by atoms with E-state index in [4.69, 9.17) is 27.6 Å². The second-order valence-corrected chi connectivity index (χ2v) is 5.72. The normalized spacial score (nSPS) is 11.0. The van der Waals surface area contributed by atoms with Crippen LogP contribution >= 0.6 is 23.2 Å². The third kappa shape index (κ3) is 2.69. The zero-order valence-electron chi connectivity index (χ0n) is 11.3. The number of halogens is 2. The molecule has 2 aromatic carbocycles. The Balaban J connectivity index is 1.96. The third-order valence-corrected chi connectivity index (χ3v) is 4.12. The fourth-order valence-corrected chi connectivity index (χ4v) is 2.83. The van der Waals surface area contributed by atoms with E-state index in [-0.39, 0.29) is 12.2 Å². The van der Waals surface area contributed by atoms with Crippen molar-refractivity contribution >= 4 is 40.0 Å². The lowest BCUT2D eigenvalue weighted by atomic mass is 10.1. The first-order valence-electron chi connectivity index (χ1n) is 6.51. The molecule has 0 amide bonds. The molecule has 0 spiro atoms. The summed E-state index contributed by atoms with van der Waals surface area (Å²) in [4.78, 5) is 12.4. The molecule has 1 aromatic heterocycles. The number of ketones is 1. The number of rotatable bonds is 3. The van der Waals surface area contributed by atoms with E-state index in [0.29, 0.717) is 21.4 Å². The molecule has 106 valence electrons. The second kappa shape index (κ2) is 5.55. The smallest absolute Gasteiger partial charge is 0.202 e. The molecule has 0 aliphatic rings. The molecule has 0 radical (unpaired) electrons. The predicted molar refractivity (Wildman–Crippen MR) is 85.4 cm³/mol. The van der Waals surface area contributed by atoms with Crippen molar-refractivity contribution in [1.29, 1.82) is 0 Å². The van der Waals surface area contributed by atoms with Gasteiger partial charge in [0.15, 0.2) is 5.76 Å². The number of para-hydroxylation sites is 1. The van der Waals surface area contributed by atoms with Crippen LogP contribution < -0.4 is 0 Å². The van der Waals surface area contributed by atoms with Crippen LogP contribution in [0.5, 0.6) is 0 Å². The van der Waals surface area contributed by atoms with Gasteiger partial charge in [-0.15, -0.1) is 0 Å². The van der Waals surface area contributed by atoms with E-state index < -0.39 is 0 Å². The van der Waals surface area contributed by atoms with Gasteiger partial charge in [-0.3, -0.25) is 4.79 Å². The van der Waals surface area contributed by atoms with Crippen molar-refractivity contribution in [2.24, 2.45) is 0 Å². The van der Waals surface area contributed by atoms with E-state index in [2.05, 4.69) is 0 Å². The molecular formula is C17H12Cl2O2. The maximum absolute atomic E-state index is 12.4. The van der Waals surface area contributed by atoms with Crippen LogP contribution in [-0.2, 0) is 6.42 Å². The summed E-state index contributed by atoms with van der Waals surface area (Å²) >= 11 is 12.2. The molecule has 3 aromatic rings. The number of hydrogen-bond donors (Lipinski definition) is 0. The Labute approximate surface area is 132 Å². The molecule has 0 atom stereocenters. The van der Waals surface area contributed by atoms with Crippen LogP contribution in [0.2, 0.25) is 10.0 Å². The van der Waals surface area contributed by atoms with Crippen LogP contribution in [0.4, 0.5) is 0 Å². The van der Waals surface area contributed by atoms with E-state index in [1.54, 1.807) is 24.3 Å². The minimum atomic E-state index is -0.138. The molecule has 0 fully saturated rings. The van der Waals surface area contributed by atoms with Gasteiger partial charge >= 0.3 is 0 Å². The Morgan fingerprint density at radius 1 is 1.10 bits per heavy atom. The van der Waals surface area contributed by atoms with Crippen molar-refractivity contribution in [3.05, 3.63) is 69.4 Å². The summed E-state index contributed by atoms with van der Waals surface area (Å²) in [6.07, 6.45) is 0.122. The highest BCUT2D eigenvalue weighted by atomic mass is 35.5. The molecule has 0 unspecified atom stereocenters. The summed E-state index contributed by atoms with van der Waals surface area (Å²) in [6, 6.07) is 12.8. The minimum absolute atomic E-state index is 0.122. The first-order chi connectivity index (χ1) is 10.1. The maximum atomic E-state index is 12.4. The van der Waals surface area contributed by atoms with E-state index >= 15 is 0 Å². The van der Waals surface area contributed by atoms with Crippen molar-refractivity contribution in [3.8, 4) is 0 Å². The molecule has 0 saturated heterocycles. The van der Waals surface area contributed by atoms with E-state index in [1.165, 1.54) is 0 Å². The average molecular weight is 319 g/mol. The molecule has 3 rings (SSSR count). The van der Waals surface area contributed by atoms with Gasteiger partial charge in [0.2, 0.25) is 5.78 Å². The number of hydrogen-bond acceptors (Lipinski definition) is 2. The van der Waals surface area contributed by atoms with E-state index in [0.717, 1.165) is 16.5 Å². The van der Waals surface area contributed by atoms with E-state index in [1.807, 2.05) is 25.1 Å². The summed E-state index contributed by atoms with van der Waals surface area (Å²) in [5.41, 5.74) is 2.37. The van der Waals surface area contributed by atoms with Crippen LogP contribution in [0.3, 0.4) is 0 Å². The van der Waals surface area contributed by atoms with E-state index in [9.17, 15) is 4.79 Å². The average Bonchev–Trinajstić information content (AvgIpc) is 2.88. The van der Waals surface area contributed by atoms with Crippen LogP contribution in [0.15, 0.2) is 46.9 Å². The highest BCUT2D eigenvalue weighted by Crippen LogP contribution is 2.28. The van der Waals surface area contributed by atoms with Gasteiger partial charge in [0.1, 0.15) is 5.58 Å². The molecule has 2 nitrogen and oxygen atoms in total. The molecule has 1 heterocycles. The number of Topliss-reactive ketones (excluding diaryl/α,β-unsaturated/α-hetero) is 1. The molecule has 0 aliphatic carbocycles. The van der Waals surface area contributed by atoms with Gasteiger partial charge < -0.3 is 4.42 Å². The van der Waals surface area contributed by atoms with Gasteiger partial charge in [-0.05, 0) is 36.2 Å². The molecule has 0 N–H and O–H groups in total. The Morgan fingerprint density at radius 2 is 1.76 bits per heavy atom. The van der Waals surface area contributed by atoms with Crippen molar-refractivity contribution < 1.29 is 9.21 Å². The largest absolute Gasteiger partial charge is 0.453 e. The van der Waals surface area contributed by atoms with Crippen molar-refractivity contribution in [3.63, 3.8) is 0 Å². The minimum Gasteiger partial charge on any atom is -0.453 e. The summed E-state index contributed by atoms with van der Waals surface area (Å²) in [7, 11) is 0. The summed E-state index contributed by atoms with van der Waals surface area (Å²) < 4.78 is 5.68. The van der Waals surface area contributed by atoms with Gasteiger partial charge in [-0.1, -0.05) is 47.5 Å². The van der Waals surface area contributed by atoms with Crippen LogP contribution in [0.1, 0.15) is 21.7 Å². The number of benzene rings is 2. The highest BCUT2D eigenvalue weighted by Gasteiger charge is 2.17. The highest BCUT2D eigenvalue weighted by molar-refractivity contribution is 6.36. The van der Waals surface area contributed by atoms with Crippen molar-refractivity contribution in [2.75, 3.05) is 0 Å². The number of aryl methyl sites for hydroxylation is 1. The van der Waals surface area contributed by atoms with Gasteiger partial charge in [0, 0.05) is 21.9 Å². The van der Waals surface area contributed by atoms with Gasteiger partial charge in [0.05, 0.1) is 0 Å². The zero-order valence-corrected chi connectivity index (χ0v) is 12.8. The Bertz CT molecular complexity index is 814. The molecular weight excluding hydrogens is 307 g/mol. The van der Waals surface area contributed by atoms with Gasteiger partial charge in [-0.25, -0.2) is 0 Å². The maximum Gasteiger partial charge on any atom is 0.202 e. The lowest BCUT2D eigenvalue weighted by Crippen LogP contribution is -2.03. The molecule has 21 heavy (non-hydrogen) atoms.